The van der Waals surface area contributed by atoms with Gasteiger partial charge in [-0.1, -0.05) is 12.1 Å². The number of aromatic nitrogens is 4. The molecule has 1 aliphatic rings. The number of H-pyrrole nitrogens is 1. The smallest absolute Gasteiger partial charge is 0.209 e. The van der Waals surface area contributed by atoms with Crippen LogP contribution in [0.4, 0.5) is 4.39 Å². The maximum Gasteiger partial charge on any atom is 0.209 e. The first-order valence-corrected chi connectivity index (χ1v) is 7.64. The van der Waals surface area contributed by atoms with Gasteiger partial charge in [0.1, 0.15) is 17.1 Å². The Balaban J connectivity index is 1.46. The number of nitrogens with zero attached hydrogens (tertiary/aromatic N) is 4. The number of halogens is 1. The van der Waals surface area contributed by atoms with Crippen molar-refractivity contribution in [2.75, 3.05) is 13.1 Å². The normalized spacial score (nSPS) is 21.4. The molecule has 1 unspecified atom stereocenters. The average Bonchev–Trinajstić information content (AvgIpc) is 3.29. The largest absolute Gasteiger partial charge is 0.439 e. The summed E-state index contributed by atoms with van der Waals surface area (Å²) in [5.41, 5.74) is 0.178. The molecule has 3 heterocycles. The second-order valence-electron chi connectivity index (χ2n) is 5.98. The van der Waals surface area contributed by atoms with Crippen LogP contribution in [0.3, 0.4) is 0 Å². The quantitative estimate of drug-likeness (QED) is 0.757. The van der Waals surface area contributed by atoms with E-state index in [0.29, 0.717) is 49.0 Å². The number of rotatable bonds is 4. The van der Waals surface area contributed by atoms with Gasteiger partial charge in [0.25, 0.3) is 0 Å². The van der Waals surface area contributed by atoms with Gasteiger partial charge in [-0.2, -0.15) is 15.4 Å². The van der Waals surface area contributed by atoms with Crippen LogP contribution in [-0.4, -0.2) is 43.5 Å². The van der Waals surface area contributed by atoms with Gasteiger partial charge in [0.05, 0.1) is 18.9 Å². The van der Waals surface area contributed by atoms with Gasteiger partial charge in [0.2, 0.25) is 5.89 Å². The molecule has 0 amide bonds. The van der Waals surface area contributed by atoms with Crippen LogP contribution in [-0.2, 0) is 12.1 Å². The predicted molar refractivity (Wildman–Crippen MR) is 82.1 cm³/mol. The summed E-state index contributed by atoms with van der Waals surface area (Å²) in [6.07, 6.45) is 3.69. The van der Waals surface area contributed by atoms with Crippen LogP contribution in [0.5, 0.6) is 0 Å². The topological polar surface area (TPSA) is 91.1 Å². The Morgan fingerprint density at radius 2 is 2.29 bits per heavy atom. The van der Waals surface area contributed by atoms with Gasteiger partial charge in [0, 0.05) is 18.7 Å². The lowest BCUT2D eigenvalue weighted by atomic mass is 10.0. The summed E-state index contributed by atoms with van der Waals surface area (Å²) < 4.78 is 19.0. The molecular formula is C16H16FN5O2. The molecule has 1 fully saturated rings. The molecule has 0 spiro atoms. The molecule has 0 aliphatic carbocycles. The number of nitrogens with one attached hydrogen (secondary N) is 1. The van der Waals surface area contributed by atoms with Gasteiger partial charge in [-0.15, -0.1) is 0 Å². The molecule has 1 aromatic carbocycles. The van der Waals surface area contributed by atoms with Crippen molar-refractivity contribution in [2.24, 2.45) is 0 Å². The second-order valence-corrected chi connectivity index (χ2v) is 5.98. The molecule has 0 bridgehead atoms. The van der Waals surface area contributed by atoms with E-state index in [-0.39, 0.29) is 5.82 Å². The summed E-state index contributed by atoms with van der Waals surface area (Å²) in [4.78, 5) is 6.29. The number of β-amino-alcohol motifs (C(OH)–C–C–N with tert-alkyl or cyclic N) is 1. The van der Waals surface area contributed by atoms with E-state index in [2.05, 4.69) is 20.4 Å². The van der Waals surface area contributed by atoms with Gasteiger partial charge in [-0.25, -0.2) is 9.37 Å². The van der Waals surface area contributed by atoms with Crippen LogP contribution in [0.2, 0.25) is 0 Å². The fourth-order valence-corrected chi connectivity index (χ4v) is 2.99. The van der Waals surface area contributed by atoms with Crippen molar-refractivity contribution < 1.29 is 13.9 Å². The number of hydrogen-bond donors (Lipinski definition) is 2. The Hall–Kier alpha value is -2.58. The van der Waals surface area contributed by atoms with Crippen molar-refractivity contribution in [1.82, 2.24) is 25.3 Å². The molecule has 1 aliphatic heterocycles. The van der Waals surface area contributed by atoms with Gasteiger partial charge < -0.3 is 9.52 Å². The van der Waals surface area contributed by atoms with Crippen molar-refractivity contribution in [3.05, 3.63) is 54.1 Å². The first-order chi connectivity index (χ1) is 11.6. The van der Waals surface area contributed by atoms with Crippen LogP contribution in [0, 0.1) is 5.82 Å². The summed E-state index contributed by atoms with van der Waals surface area (Å²) in [5.74, 6) is 0.733. The minimum atomic E-state index is -1.01. The summed E-state index contributed by atoms with van der Waals surface area (Å²) in [7, 11) is 0. The number of hydrogen-bond acceptors (Lipinski definition) is 6. The zero-order valence-electron chi connectivity index (χ0n) is 12.8. The zero-order valence-corrected chi connectivity index (χ0v) is 12.8. The predicted octanol–water partition coefficient (Wildman–Crippen LogP) is 1.69. The molecule has 0 saturated carbocycles. The van der Waals surface area contributed by atoms with Crippen LogP contribution in [0.1, 0.15) is 18.0 Å². The standard InChI is InChI=1S/C16H16FN5O2/c17-12-3-1-2-11(6-12)13-7-18-15(24-13)9-22-5-4-16(23,10-22)14-8-19-21-20-14/h1-3,6-8,23H,4-5,9-10H2,(H,19,20,21). The van der Waals surface area contributed by atoms with Crippen LogP contribution in [0.25, 0.3) is 11.3 Å². The molecule has 124 valence electrons. The molecule has 3 aromatic rings. The molecule has 1 atom stereocenters. The fourth-order valence-electron chi connectivity index (χ4n) is 2.99. The fraction of sp³-hybridized carbons (Fsp3) is 0.312. The number of likely N-dealkylation sites (tertiary alicyclic amines) is 1. The van der Waals surface area contributed by atoms with Crippen molar-refractivity contribution in [3.8, 4) is 11.3 Å². The number of aliphatic hydroxyl groups is 1. The third kappa shape index (κ3) is 2.81. The highest BCUT2D eigenvalue weighted by molar-refractivity contribution is 5.56. The molecule has 1 saturated heterocycles. The monoisotopic (exact) mass is 329 g/mol. The van der Waals surface area contributed by atoms with Gasteiger partial charge >= 0.3 is 0 Å². The average molecular weight is 329 g/mol. The van der Waals surface area contributed by atoms with E-state index in [0.717, 1.165) is 0 Å². The molecule has 2 aromatic heterocycles. The molecular weight excluding hydrogens is 313 g/mol. The Morgan fingerprint density at radius 3 is 3.08 bits per heavy atom. The SMILES string of the molecule is OC1(c2cn[nH]n2)CCN(Cc2ncc(-c3cccc(F)c3)o2)C1. The highest BCUT2D eigenvalue weighted by Gasteiger charge is 2.40. The minimum absolute atomic E-state index is 0.317. The van der Waals surface area contributed by atoms with E-state index in [4.69, 9.17) is 4.42 Å². The van der Waals surface area contributed by atoms with E-state index in [1.165, 1.54) is 18.3 Å². The lowest BCUT2D eigenvalue weighted by Gasteiger charge is -2.20. The van der Waals surface area contributed by atoms with Gasteiger partial charge in [-0.05, 0) is 18.6 Å². The third-order valence-corrected chi connectivity index (χ3v) is 4.24. The van der Waals surface area contributed by atoms with E-state index in [9.17, 15) is 9.50 Å². The van der Waals surface area contributed by atoms with Crippen LogP contribution >= 0.6 is 0 Å². The highest BCUT2D eigenvalue weighted by atomic mass is 19.1. The summed E-state index contributed by atoms with van der Waals surface area (Å²) >= 11 is 0. The van der Waals surface area contributed by atoms with Crippen molar-refractivity contribution in [2.45, 2.75) is 18.6 Å². The summed E-state index contributed by atoms with van der Waals surface area (Å²) in [6, 6.07) is 6.19. The Bertz CT molecular complexity index is 835. The van der Waals surface area contributed by atoms with Crippen molar-refractivity contribution >= 4 is 0 Å². The highest BCUT2D eigenvalue weighted by Crippen LogP contribution is 2.31. The molecule has 2 N–H and O–H groups in total. The van der Waals surface area contributed by atoms with Crippen LogP contribution in [0.15, 0.2) is 41.1 Å². The number of aromatic amines is 1. The molecule has 24 heavy (non-hydrogen) atoms. The first kappa shape index (κ1) is 15.0. The van der Waals surface area contributed by atoms with Crippen molar-refractivity contribution in [1.29, 1.82) is 0 Å². The lowest BCUT2D eigenvalue weighted by Crippen LogP contribution is -2.31. The Kier molecular flexibility index (Phi) is 3.62. The van der Waals surface area contributed by atoms with E-state index in [1.54, 1.807) is 18.3 Å². The molecule has 7 nitrogen and oxygen atoms in total. The van der Waals surface area contributed by atoms with E-state index < -0.39 is 5.60 Å². The Labute approximate surface area is 137 Å². The number of benzene rings is 1. The van der Waals surface area contributed by atoms with Crippen LogP contribution < -0.4 is 0 Å². The van der Waals surface area contributed by atoms with Crippen molar-refractivity contribution in [3.63, 3.8) is 0 Å². The first-order valence-electron chi connectivity index (χ1n) is 7.64. The number of oxazole rings is 1. The zero-order chi connectivity index (χ0) is 16.6. The molecule has 4 rings (SSSR count). The summed E-state index contributed by atoms with van der Waals surface area (Å²) in [5, 5.41) is 20.9. The maximum atomic E-state index is 13.3. The lowest BCUT2D eigenvalue weighted by molar-refractivity contribution is 0.0400. The molecule has 0 radical (unpaired) electrons. The van der Waals surface area contributed by atoms with E-state index >= 15 is 0 Å². The summed E-state index contributed by atoms with van der Waals surface area (Å²) in [6.45, 7) is 1.59. The third-order valence-electron chi connectivity index (χ3n) is 4.24. The van der Waals surface area contributed by atoms with Gasteiger partial charge in [-0.3, -0.25) is 4.90 Å². The van der Waals surface area contributed by atoms with E-state index in [1.807, 2.05) is 4.90 Å². The Morgan fingerprint density at radius 1 is 1.38 bits per heavy atom. The molecule has 8 heteroatoms. The minimum Gasteiger partial charge on any atom is -0.439 e. The maximum absolute atomic E-state index is 13.3. The van der Waals surface area contributed by atoms with Gasteiger partial charge in [0.15, 0.2) is 5.76 Å². The second kappa shape index (κ2) is 5.81.